The predicted octanol–water partition coefficient (Wildman–Crippen LogP) is 2.46. The molecule has 0 bridgehead atoms. The fraction of sp³-hybridized carbons (Fsp3) is 0. The minimum Gasteiger partial charge on any atom is -0.397 e. The monoisotopic (exact) mass is 258 g/mol. The largest absolute Gasteiger partial charge is 0.397 e. The lowest BCUT2D eigenvalue weighted by Gasteiger charge is -1.97. The summed E-state index contributed by atoms with van der Waals surface area (Å²) in [6.07, 6.45) is 1.58. The number of nitrogen functional groups attached to an aromatic ring is 1. The van der Waals surface area contributed by atoms with Gasteiger partial charge in [-0.15, -0.1) is 0 Å². The number of rotatable bonds is 2. The fourth-order valence-electron chi connectivity index (χ4n) is 1.63. The number of hydrogen-bond acceptors (Lipinski definition) is 4. The number of nitrogens with zero attached hydrogens (tertiary/aromatic N) is 1. The topological polar surface area (TPSA) is 83.8 Å². The van der Waals surface area contributed by atoms with E-state index in [4.69, 9.17) is 5.73 Å². The van der Waals surface area contributed by atoms with Gasteiger partial charge in [-0.05, 0) is 18.2 Å². The molecule has 0 saturated heterocycles. The van der Waals surface area contributed by atoms with Gasteiger partial charge in [0.1, 0.15) is 5.69 Å². The number of carbonyl (C=O) groups excluding carboxylic acids is 1. The molecule has 2 heterocycles. The van der Waals surface area contributed by atoms with Crippen molar-refractivity contribution in [2.45, 2.75) is 0 Å². The third kappa shape index (κ3) is 1.93. The first-order chi connectivity index (χ1) is 8.72. The molecular formula is C12H10N4OS. The average molecular weight is 258 g/mol. The van der Waals surface area contributed by atoms with Gasteiger partial charge in [0.15, 0.2) is 5.13 Å². The van der Waals surface area contributed by atoms with Crippen molar-refractivity contribution < 1.29 is 4.79 Å². The van der Waals surface area contributed by atoms with Crippen molar-refractivity contribution in [1.29, 1.82) is 0 Å². The van der Waals surface area contributed by atoms with Crippen LogP contribution in [0.2, 0.25) is 0 Å². The number of amides is 1. The van der Waals surface area contributed by atoms with Crippen LogP contribution < -0.4 is 11.1 Å². The van der Waals surface area contributed by atoms with Crippen LogP contribution in [-0.4, -0.2) is 15.9 Å². The number of thiazole rings is 1. The number of para-hydroxylation sites is 1. The zero-order chi connectivity index (χ0) is 12.5. The Hall–Kier alpha value is -2.34. The van der Waals surface area contributed by atoms with Crippen LogP contribution in [0, 0.1) is 0 Å². The number of H-pyrrole nitrogens is 1. The van der Waals surface area contributed by atoms with E-state index in [9.17, 15) is 4.79 Å². The van der Waals surface area contributed by atoms with Crippen molar-refractivity contribution in [3.05, 3.63) is 42.2 Å². The first-order valence-corrected chi connectivity index (χ1v) is 6.15. The maximum Gasteiger partial charge on any atom is 0.273 e. The number of hydrogen-bond donors (Lipinski definition) is 3. The van der Waals surface area contributed by atoms with Crippen molar-refractivity contribution >= 4 is 38.3 Å². The highest BCUT2D eigenvalue weighted by Gasteiger charge is 2.10. The molecule has 2 aromatic heterocycles. The zero-order valence-corrected chi connectivity index (χ0v) is 10.1. The highest BCUT2D eigenvalue weighted by molar-refractivity contribution is 7.22. The fourth-order valence-corrected chi connectivity index (χ4v) is 2.49. The van der Waals surface area contributed by atoms with E-state index in [1.54, 1.807) is 12.3 Å². The van der Waals surface area contributed by atoms with E-state index in [-0.39, 0.29) is 5.91 Å². The van der Waals surface area contributed by atoms with Crippen molar-refractivity contribution in [2.75, 3.05) is 11.1 Å². The van der Waals surface area contributed by atoms with Crippen LogP contribution in [0.3, 0.4) is 0 Å². The molecule has 18 heavy (non-hydrogen) atoms. The van der Waals surface area contributed by atoms with Crippen LogP contribution in [0.1, 0.15) is 10.5 Å². The molecular weight excluding hydrogens is 248 g/mol. The average Bonchev–Trinajstić information content (AvgIpc) is 2.94. The summed E-state index contributed by atoms with van der Waals surface area (Å²) in [7, 11) is 0. The van der Waals surface area contributed by atoms with E-state index in [1.165, 1.54) is 11.3 Å². The summed E-state index contributed by atoms with van der Waals surface area (Å²) in [5, 5.41) is 3.32. The molecule has 90 valence electrons. The number of carbonyl (C=O) groups is 1. The summed E-state index contributed by atoms with van der Waals surface area (Å²) in [4.78, 5) is 19.0. The Morgan fingerprint density at radius 2 is 2.22 bits per heavy atom. The maximum absolute atomic E-state index is 11.9. The van der Waals surface area contributed by atoms with Gasteiger partial charge in [0.25, 0.3) is 5.91 Å². The van der Waals surface area contributed by atoms with Crippen molar-refractivity contribution in [2.24, 2.45) is 0 Å². The molecule has 0 aliphatic rings. The lowest BCUT2D eigenvalue weighted by atomic mass is 10.3. The summed E-state index contributed by atoms with van der Waals surface area (Å²) in [5.41, 5.74) is 7.38. The van der Waals surface area contributed by atoms with Crippen molar-refractivity contribution in [3.63, 3.8) is 0 Å². The Labute approximate surface area is 107 Å². The molecule has 1 aromatic carbocycles. The molecule has 3 aromatic rings. The Morgan fingerprint density at radius 1 is 1.39 bits per heavy atom. The van der Waals surface area contributed by atoms with Crippen LogP contribution in [-0.2, 0) is 0 Å². The summed E-state index contributed by atoms with van der Waals surface area (Å²) in [6.45, 7) is 0. The Kier molecular flexibility index (Phi) is 2.49. The standard InChI is InChI=1S/C12H10N4OS/c13-7-5-9(14-6-7)11(17)16-12-15-8-3-1-2-4-10(8)18-12/h1-6,14H,13H2,(H,15,16,17). The molecule has 1 amide bonds. The van der Waals surface area contributed by atoms with Crippen LogP contribution in [0.5, 0.6) is 0 Å². The third-order valence-electron chi connectivity index (χ3n) is 2.46. The van der Waals surface area contributed by atoms with Crippen molar-refractivity contribution in [3.8, 4) is 0 Å². The number of nitrogens with two attached hydrogens (primary N) is 1. The molecule has 0 radical (unpaired) electrons. The predicted molar refractivity (Wildman–Crippen MR) is 72.8 cm³/mol. The Morgan fingerprint density at radius 3 is 2.94 bits per heavy atom. The second-order valence-electron chi connectivity index (χ2n) is 3.79. The van der Waals surface area contributed by atoms with Crippen molar-refractivity contribution in [1.82, 2.24) is 9.97 Å². The summed E-state index contributed by atoms with van der Waals surface area (Å²) >= 11 is 1.44. The van der Waals surface area contributed by atoms with Gasteiger partial charge in [0, 0.05) is 11.9 Å². The third-order valence-corrected chi connectivity index (χ3v) is 3.42. The van der Waals surface area contributed by atoms with Crippen LogP contribution in [0.4, 0.5) is 10.8 Å². The number of fused-ring (bicyclic) bond motifs is 1. The highest BCUT2D eigenvalue weighted by atomic mass is 32.1. The normalized spacial score (nSPS) is 10.7. The molecule has 3 rings (SSSR count). The molecule has 0 saturated carbocycles. The van der Waals surface area contributed by atoms with E-state index < -0.39 is 0 Å². The van der Waals surface area contributed by atoms with Crippen LogP contribution in [0.15, 0.2) is 36.5 Å². The lowest BCUT2D eigenvalue weighted by molar-refractivity contribution is 0.102. The molecule has 0 fully saturated rings. The first-order valence-electron chi connectivity index (χ1n) is 5.33. The molecule has 4 N–H and O–H groups in total. The second kappa shape index (κ2) is 4.15. The first kappa shape index (κ1) is 10.8. The number of aromatic amines is 1. The molecule has 5 nitrogen and oxygen atoms in total. The van der Waals surface area contributed by atoms with Gasteiger partial charge in [0.2, 0.25) is 0 Å². The minimum atomic E-state index is -0.245. The smallest absolute Gasteiger partial charge is 0.273 e. The van der Waals surface area contributed by atoms with E-state index in [1.807, 2.05) is 24.3 Å². The molecule has 0 aliphatic carbocycles. The van der Waals surface area contributed by atoms with Crippen LogP contribution >= 0.6 is 11.3 Å². The molecule has 0 unspecified atom stereocenters. The quantitative estimate of drug-likeness (QED) is 0.660. The summed E-state index contributed by atoms with van der Waals surface area (Å²) < 4.78 is 1.04. The highest BCUT2D eigenvalue weighted by Crippen LogP contribution is 2.25. The van der Waals surface area contributed by atoms with Gasteiger partial charge in [-0.3, -0.25) is 10.1 Å². The van der Waals surface area contributed by atoms with E-state index in [2.05, 4.69) is 15.3 Å². The van der Waals surface area contributed by atoms with E-state index in [0.717, 1.165) is 10.2 Å². The maximum atomic E-state index is 11.9. The van der Waals surface area contributed by atoms with Gasteiger partial charge < -0.3 is 10.7 Å². The Balaban J connectivity index is 1.86. The van der Waals surface area contributed by atoms with Gasteiger partial charge in [0.05, 0.1) is 10.2 Å². The summed E-state index contributed by atoms with van der Waals surface area (Å²) in [6, 6.07) is 9.32. The lowest BCUT2D eigenvalue weighted by Crippen LogP contribution is -2.11. The molecule has 6 heteroatoms. The van der Waals surface area contributed by atoms with Gasteiger partial charge in [-0.1, -0.05) is 23.5 Å². The van der Waals surface area contributed by atoms with Gasteiger partial charge >= 0.3 is 0 Å². The van der Waals surface area contributed by atoms with Gasteiger partial charge in [-0.2, -0.15) is 0 Å². The summed E-state index contributed by atoms with van der Waals surface area (Å²) in [5.74, 6) is -0.245. The SMILES string of the molecule is Nc1c[nH]c(C(=O)Nc2nc3ccccc3s2)c1. The second-order valence-corrected chi connectivity index (χ2v) is 4.82. The minimum absolute atomic E-state index is 0.245. The van der Waals surface area contributed by atoms with E-state index >= 15 is 0 Å². The Bertz CT molecular complexity index is 683. The number of benzene rings is 1. The molecule has 0 spiro atoms. The van der Waals surface area contributed by atoms with Crippen LogP contribution in [0.25, 0.3) is 10.2 Å². The number of anilines is 2. The number of aromatic nitrogens is 2. The zero-order valence-electron chi connectivity index (χ0n) is 9.31. The molecule has 0 aliphatic heterocycles. The number of nitrogens with one attached hydrogen (secondary N) is 2. The molecule has 0 atom stereocenters. The van der Waals surface area contributed by atoms with Gasteiger partial charge in [-0.25, -0.2) is 4.98 Å². The van der Waals surface area contributed by atoms with E-state index in [0.29, 0.717) is 16.5 Å².